The standard InChI is InChI=1S/C28H27N2.C24H19N2.C23H17N2.C16H11N2.C5H8O2.4Ir/c1-18-9-8-10-19(2)26(18)25-17-29-27-22-12-7-6-11-21(22)23-15-20(16-28(3,4)5)13-14-24(23)30(25)27;1-15-11-12-21-20(13-15)18-9-4-5-10-19(18)24-25-14-22(26(21)24)23-16(2)7-6-8-17(23)3;1-15-8-7-9-16(2)22(15)21-14-24-23-19-12-4-3-10-17(19)18-11-5-6-13-20(18)25(21)23;1-3-7-13(8-4-1)15-16(18-12-11-17-15)14-9-5-2-6-10-14;1-4(6)3-5(2)7;;;;/h6-11,13-15,17H,16H2,1-5H3;4-9,11-14H,1-3H3;3-11,13-14H,1-2H3;1-9,11-12H;3,6H,1-2H3;;;;/q4*-1;;;;;. The second kappa shape index (κ2) is 35.7. The minimum absolute atomic E-state index is 0. The Labute approximate surface area is 697 Å². The Morgan fingerprint density at radius 3 is 1.22 bits per heavy atom. The number of pyridine rings is 3. The van der Waals surface area contributed by atoms with Gasteiger partial charge in [-0.2, -0.15) is 0 Å². The zero-order valence-electron chi connectivity index (χ0n) is 63.3. The zero-order chi connectivity index (χ0) is 73.9. The Morgan fingerprint density at radius 2 is 0.791 bits per heavy atom. The summed E-state index contributed by atoms with van der Waals surface area (Å²) in [7, 11) is 0. The van der Waals surface area contributed by atoms with Crippen LogP contribution in [0.5, 0.6) is 0 Å². The maximum atomic E-state index is 10.0. The normalized spacial score (nSPS) is 11.1. The third-order valence-corrected chi connectivity index (χ3v) is 19.3. The second-order valence-corrected chi connectivity index (χ2v) is 28.5. The summed E-state index contributed by atoms with van der Waals surface area (Å²) in [6, 6.07) is 91.4. The van der Waals surface area contributed by atoms with Crippen molar-refractivity contribution in [2.24, 2.45) is 5.41 Å². The number of fused-ring (bicyclic) bond motifs is 18. The minimum Gasteiger partial charge on any atom is -0.512 e. The smallest absolute Gasteiger partial charge is 0.155 e. The summed E-state index contributed by atoms with van der Waals surface area (Å²) >= 11 is 0. The van der Waals surface area contributed by atoms with Crippen LogP contribution in [0.15, 0.2) is 267 Å². The van der Waals surface area contributed by atoms with Crippen molar-refractivity contribution in [1.82, 2.24) is 38.1 Å². The molecule has 7 aromatic heterocycles. The average molecular weight is 2150 g/mol. The van der Waals surface area contributed by atoms with Crippen molar-refractivity contribution in [2.45, 2.75) is 89.5 Å². The molecule has 4 radical (unpaired) electrons. The molecule has 0 atom stereocenters. The summed E-state index contributed by atoms with van der Waals surface area (Å²) < 4.78 is 6.90. The number of hydrogen-bond acceptors (Lipinski definition) is 7. The van der Waals surface area contributed by atoms with Crippen LogP contribution in [-0.2, 0) is 91.6 Å². The molecule has 0 fully saturated rings. The number of nitrogens with zero attached hydrogens (tertiary/aromatic N) is 8. The Kier molecular flexibility index (Phi) is 26.8. The fraction of sp³-hybridized carbons (Fsp3) is 0.146. The maximum Gasteiger partial charge on any atom is 0.155 e. The number of ketones is 1. The fourth-order valence-corrected chi connectivity index (χ4v) is 14.9. The number of carbonyl (C=O) groups is 1. The molecule has 11 aromatic carbocycles. The van der Waals surface area contributed by atoms with Crippen molar-refractivity contribution in [1.29, 1.82) is 0 Å². The fourth-order valence-electron chi connectivity index (χ4n) is 14.9. The first kappa shape index (κ1) is 82.4. The molecule has 558 valence electrons. The Hall–Kier alpha value is -10.1. The molecule has 7 heterocycles. The number of benzene rings is 11. The van der Waals surface area contributed by atoms with Crippen molar-refractivity contribution in [2.75, 3.05) is 0 Å². The first-order valence-electron chi connectivity index (χ1n) is 35.8. The van der Waals surface area contributed by atoms with E-state index >= 15 is 0 Å². The average Bonchev–Trinajstić information content (AvgIpc) is 1.54. The van der Waals surface area contributed by atoms with Crippen molar-refractivity contribution < 1.29 is 90.3 Å². The van der Waals surface area contributed by atoms with E-state index in [0.717, 1.165) is 79.1 Å². The molecular weight excluding hydrogens is 2070 g/mol. The summed E-state index contributed by atoms with van der Waals surface area (Å²) in [6.07, 6.45) is 11.7. The maximum absolute atomic E-state index is 10.0. The topological polar surface area (TPSA) is 115 Å². The van der Waals surface area contributed by atoms with Gasteiger partial charge in [-0.25, -0.2) is 0 Å². The van der Waals surface area contributed by atoms with Gasteiger partial charge in [-0.15, -0.1) is 125 Å². The molecule has 0 saturated carbocycles. The van der Waals surface area contributed by atoms with E-state index in [1.165, 1.54) is 130 Å². The molecule has 0 aliphatic carbocycles. The summed E-state index contributed by atoms with van der Waals surface area (Å²) in [4.78, 5) is 33.4. The minimum atomic E-state index is -0.125. The Bertz CT molecular complexity index is 6270. The van der Waals surface area contributed by atoms with Crippen molar-refractivity contribution >= 4 is 87.8 Å². The van der Waals surface area contributed by atoms with Crippen LogP contribution in [0.25, 0.3) is 138 Å². The van der Waals surface area contributed by atoms with Gasteiger partial charge in [0.25, 0.3) is 0 Å². The van der Waals surface area contributed by atoms with E-state index in [4.69, 9.17) is 20.1 Å². The summed E-state index contributed by atoms with van der Waals surface area (Å²) in [5.74, 6) is -0.0625. The van der Waals surface area contributed by atoms with E-state index in [0.29, 0.717) is 0 Å². The molecule has 18 aromatic rings. The number of allylic oxidation sites excluding steroid dienone is 2. The number of imidazole rings is 3. The van der Waals surface area contributed by atoms with Gasteiger partial charge in [-0.1, -0.05) is 170 Å². The van der Waals surface area contributed by atoms with Crippen LogP contribution in [0.1, 0.15) is 79.1 Å². The van der Waals surface area contributed by atoms with E-state index in [9.17, 15) is 4.79 Å². The zero-order valence-corrected chi connectivity index (χ0v) is 72.9. The molecule has 110 heavy (non-hydrogen) atoms. The van der Waals surface area contributed by atoms with Crippen LogP contribution in [0.2, 0.25) is 0 Å². The van der Waals surface area contributed by atoms with Gasteiger partial charge in [0.05, 0.1) is 45.5 Å². The number of rotatable bonds is 7. The molecule has 0 unspecified atom stereocenters. The van der Waals surface area contributed by atoms with Crippen molar-refractivity contribution in [3.05, 3.63) is 336 Å². The number of aryl methyl sites for hydroxylation is 7. The molecule has 0 bridgehead atoms. The van der Waals surface area contributed by atoms with Gasteiger partial charge in [-0.3, -0.25) is 24.7 Å². The summed E-state index contributed by atoms with van der Waals surface area (Å²) in [5, 5.41) is 18.9. The van der Waals surface area contributed by atoms with E-state index in [1.54, 1.807) is 12.4 Å². The van der Waals surface area contributed by atoms with Crippen LogP contribution in [0.4, 0.5) is 0 Å². The van der Waals surface area contributed by atoms with Gasteiger partial charge in [0.15, 0.2) is 5.78 Å². The van der Waals surface area contributed by atoms with Gasteiger partial charge in [0.2, 0.25) is 0 Å². The summed E-state index contributed by atoms with van der Waals surface area (Å²) in [5.41, 5.74) is 28.0. The number of aliphatic hydroxyl groups is 1. The first-order valence-corrected chi connectivity index (χ1v) is 35.8. The van der Waals surface area contributed by atoms with Crippen molar-refractivity contribution in [3.63, 3.8) is 0 Å². The molecule has 1 N–H and O–H groups in total. The van der Waals surface area contributed by atoms with Crippen molar-refractivity contribution in [3.8, 4) is 56.3 Å². The van der Waals surface area contributed by atoms with E-state index in [2.05, 4.69) is 262 Å². The van der Waals surface area contributed by atoms with Crippen LogP contribution < -0.4 is 0 Å². The molecule has 14 heteroatoms. The summed E-state index contributed by atoms with van der Waals surface area (Å²) in [6.45, 7) is 24.9. The predicted molar refractivity (Wildman–Crippen MR) is 439 cm³/mol. The molecule has 0 amide bonds. The number of aliphatic hydroxyl groups excluding tert-OH is 1. The third kappa shape index (κ3) is 17.0. The molecule has 0 aliphatic heterocycles. The molecule has 0 saturated heterocycles. The Balaban J connectivity index is 0.000000151. The van der Waals surface area contributed by atoms with E-state index in [-0.39, 0.29) is 97.4 Å². The third-order valence-electron chi connectivity index (χ3n) is 19.3. The SMILES string of the molecule is CC(=O)C=C(C)O.Cc1ccc2c(c1)c1ccc[c-]c1c1ncc(-c3c(C)cccc3C)n21.Cc1cccc(C)c1-c1cnc2c3[c-]cccc3c3cc(CC(C)(C)C)ccc3n12.Cc1cccc(C)c1-c1cnc2c3[c-]cccc3c3ccccc3n12.[Ir].[Ir].[Ir].[Ir].[c-]1ccccc1-c1nccnc1-c1ccccc1. The Morgan fingerprint density at radius 1 is 0.400 bits per heavy atom. The molecule has 0 aliphatic rings. The van der Waals surface area contributed by atoms with E-state index < -0.39 is 0 Å². The molecular formula is C96H82Ir4N8O2-4. The van der Waals surface area contributed by atoms with Gasteiger partial charge in [0.1, 0.15) is 0 Å². The van der Waals surface area contributed by atoms with E-state index in [1.807, 2.05) is 97.5 Å². The molecule has 0 spiro atoms. The van der Waals surface area contributed by atoms with Crippen LogP contribution in [-0.4, -0.2) is 49.0 Å². The molecule has 10 nitrogen and oxygen atoms in total. The number of para-hydroxylation sites is 1. The van der Waals surface area contributed by atoms with Gasteiger partial charge < -0.3 is 23.3 Å². The number of carbonyl (C=O) groups excluding carboxylic acids is 1. The van der Waals surface area contributed by atoms with Crippen LogP contribution in [0, 0.1) is 78.1 Å². The van der Waals surface area contributed by atoms with Crippen LogP contribution >= 0.6 is 0 Å². The van der Waals surface area contributed by atoms with Gasteiger partial charge in [-0.05, 0) is 153 Å². The van der Waals surface area contributed by atoms with Crippen LogP contribution in [0.3, 0.4) is 0 Å². The number of aromatic nitrogens is 8. The molecule has 18 rings (SSSR count). The monoisotopic (exact) mass is 2150 g/mol. The second-order valence-electron chi connectivity index (χ2n) is 28.5. The first-order chi connectivity index (χ1) is 51.3. The number of hydrogen-bond donors (Lipinski definition) is 1. The quantitative estimate of drug-likeness (QED) is 0.0731. The van der Waals surface area contributed by atoms with Gasteiger partial charge >= 0.3 is 0 Å². The van der Waals surface area contributed by atoms with Gasteiger partial charge in [0, 0.05) is 156 Å². The predicted octanol–water partition coefficient (Wildman–Crippen LogP) is 23.7. The largest absolute Gasteiger partial charge is 0.512 e.